The fourth-order valence-corrected chi connectivity index (χ4v) is 3.35. The van der Waals surface area contributed by atoms with Crippen molar-refractivity contribution in [2.24, 2.45) is 5.92 Å². The Morgan fingerprint density at radius 3 is 2.84 bits per heavy atom. The van der Waals surface area contributed by atoms with Gasteiger partial charge in [0.15, 0.2) is 5.69 Å². The van der Waals surface area contributed by atoms with Crippen LogP contribution in [0.15, 0.2) is 54.6 Å². The van der Waals surface area contributed by atoms with Crippen LogP contribution < -0.4 is 0 Å². The number of carbonyl (C=O) groups is 1. The molecule has 1 fully saturated rings. The van der Waals surface area contributed by atoms with Crippen molar-refractivity contribution >= 4 is 16.8 Å². The number of rotatable bonds is 5. The molecule has 1 aliphatic heterocycles. The third-order valence-electron chi connectivity index (χ3n) is 4.71. The number of fused-ring (bicyclic) bond motifs is 1. The quantitative estimate of drug-likeness (QED) is 0.779. The third kappa shape index (κ3) is 3.42. The predicted molar refractivity (Wildman–Crippen MR) is 96.2 cm³/mol. The summed E-state index contributed by atoms with van der Waals surface area (Å²) >= 11 is 0. The predicted octanol–water partition coefficient (Wildman–Crippen LogP) is 3.24. The van der Waals surface area contributed by atoms with Crippen LogP contribution in [0.4, 0.5) is 0 Å². The summed E-state index contributed by atoms with van der Waals surface area (Å²) in [4.78, 5) is 14.7. The lowest BCUT2D eigenvalue weighted by Gasteiger charge is -2.15. The van der Waals surface area contributed by atoms with Crippen LogP contribution in [0, 0.1) is 5.92 Å². The molecule has 1 atom stereocenters. The Kier molecular flexibility index (Phi) is 4.48. The fourth-order valence-electron chi connectivity index (χ4n) is 3.35. The largest absolute Gasteiger partial charge is 0.376 e. The van der Waals surface area contributed by atoms with E-state index in [0.29, 0.717) is 24.8 Å². The Labute approximate surface area is 146 Å². The van der Waals surface area contributed by atoms with Crippen molar-refractivity contribution in [1.29, 1.82) is 0 Å². The van der Waals surface area contributed by atoms with Gasteiger partial charge in [0, 0.05) is 24.4 Å². The summed E-state index contributed by atoms with van der Waals surface area (Å²) in [5.41, 5.74) is 2.59. The van der Waals surface area contributed by atoms with Crippen molar-refractivity contribution in [3.8, 4) is 0 Å². The topological polar surface area (TPSA) is 58.2 Å². The first-order valence-corrected chi connectivity index (χ1v) is 8.65. The molecule has 1 aromatic heterocycles. The molecular formula is C20H21N3O2. The molecule has 1 amide bonds. The number of benzene rings is 2. The first-order valence-electron chi connectivity index (χ1n) is 8.65. The summed E-state index contributed by atoms with van der Waals surface area (Å²) in [6, 6.07) is 17.9. The van der Waals surface area contributed by atoms with Crippen LogP contribution >= 0.6 is 0 Å². The van der Waals surface area contributed by atoms with Gasteiger partial charge in [0.2, 0.25) is 0 Å². The van der Waals surface area contributed by atoms with E-state index >= 15 is 0 Å². The molecule has 1 saturated heterocycles. The minimum absolute atomic E-state index is 0.00279. The normalized spacial score (nSPS) is 17.3. The van der Waals surface area contributed by atoms with Gasteiger partial charge in [-0.05, 0) is 18.1 Å². The number of ether oxygens (including phenoxy) is 1. The molecule has 0 saturated carbocycles. The second kappa shape index (κ2) is 7.07. The number of likely N-dealkylation sites (tertiary alicyclic amines) is 1. The lowest BCUT2D eigenvalue weighted by Crippen LogP contribution is -2.29. The zero-order valence-electron chi connectivity index (χ0n) is 14.0. The molecule has 0 bridgehead atoms. The summed E-state index contributed by atoms with van der Waals surface area (Å²) in [6.07, 6.45) is 0.975. The maximum Gasteiger partial charge on any atom is 0.275 e. The average molecular weight is 335 g/mol. The summed E-state index contributed by atoms with van der Waals surface area (Å²) < 4.78 is 5.83. The molecule has 0 radical (unpaired) electrons. The van der Waals surface area contributed by atoms with Gasteiger partial charge in [-0.2, -0.15) is 5.10 Å². The second-order valence-corrected chi connectivity index (χ2v) is 6.52. The second-order valence-electron chi connectivity index (χ2n) is 6.52. The number of nitrogens with zero attached hydrogens (tertiary/aromatic N) is 2. The van der Waals surface area contributed by atoms with E-state index < -0.39 is 0 Å². The van der Waals surface area contributed by atoms with Crippen LogP contribution in [0.2, 0.25) is 0 Å². The zero-order valence-corrected chi connectivity index (χ0v) is 14.0. The van der Waals surface area contributed by atoms with Crippen LogP contribution in [-0.4, -0.2) is 40.7 Å². The van der Waals surface area contributed by atoms with E-state index in [2.05, 4.69) is 22.3 Å². The average Bonchev–Trinajstić information content (AvgIpc) is 3.29. The Morgan fingerprint density at radius 2 is 1.96 bits per heavy atom. The number of carbonyl (C=O) groups excluding carboxylic acids is 1. The molecule has 25 heavy (non-hydrogen) atoms. The molecular weight excluding hydrogens is 314 g/mol. The number of hydrogen-bond donors (Lipinski definition) is 1. The highest BCUT2D eigenvalue weighted by Crippen LogP contribution is 2.22. The van der Waals surface area contributed by atoms with Crippen molar-refractivity contribution < 1.29 is 9.53 Å². The Morgan fingerprint density at radius 1 is 1.16 bits per heavy atom. The Bertz CT molecular complexity index is 860. The standard InChI is InChI=1S/C20H21N3O2/c24-20(19-17-8-4-5-9-18(17)21-22-19)23-11-10-16(12-23)14-25-13-15-6-2-1-3-7-15/h1-9,16H,10-14H2,(H,21,22)/t16-/m1/s1. The van der Waals surface area contributed by atoms with Crippen LogP contribution in [-0.2, 0) is 11.3 Å². The Balaban J connectivity index is 1.33. The summed E-state index contributed by atoms with van der Waals surface area (Å²) in [6.45, 7) is 2.80. The van der Waals surface area contributed by atoms with Crippen molar-refractivity contribution in [3.63, 3.8) is 0 Å². The molecule has 2 heterocycles. The molecule has 128 valence electrons. The van der Waals surface area contributed by atoms with Gasteiger partial charge in [-0.25, -0.2) is 0 Å². The first-order chi connectivity index (χ1) is 12.3. The number of aromatic amines is 1. The Hall–Kier alpha value is -2.66. The fraction of sp³-hybridized carbons (Fsp3) is 0.300. The van der Waals surface area contributed by atoms with Gasteiger partial charge < -0.3 is 9.64 Å². The molecule has 0 unspecified atom stereocenters. The van der Waals surface area contributed by atoms with E-state index in [0.717, 1.165) is 30.4 Å². The van der Waals surface area contributed by atoms with Gasteiger partial charge in [0.25, 0.3) is 5.91 Å². The van der Waals surface area contributed by atoms with E-state index in [1.54, 1.807) is 0 Å². The van der Waals surface area contributed by atoms with Gasteiger partial charge >= 0.3 is 0 Å². The molecule has 1 N–H and O–H groups in total. The van der Waals surface area contributed by atoms with E-state index in [4.69, 9.17) is 4.74 Å². The van der Waals surface area contributed by atoms with Gasteiger partial charge in [-0.1, -0.05) is 48.5 Å². The molecule has 3 aromatic rings. The first kappa shape index (κ1) is 15.8. The van der Waals surface area contributed by atoms with E-state index in [1.807, 2.05) is 47.4 Å². The van der Waals surface area contributed by atoms with Gasteiger partial charge in [-0.15, -0.1) is 0 Å². The van der Waals surface area contributed by atoms with Crippen LogP contribution in [0.25, 0.3) is 10.9 Å². The minimum atomic E-state index is 0.00279. The van der Waals surface area contributed by atoms with Crippen LogP contribution in [0.5, 0.6) is 0 Å². The van der Waals surface area contributed by atoms with E-state index in [-0.39, 0.29) is 5.91 Å². The smallest absolute Gasteiger partial charge is 0.275 e. The summed E-state index contributed by atoms with van der Waals surface area (Å²) in [7, 11) is 0. The summed E-state index contributed by atoms with van der Waals surface area (Å²) in [5, 5.41) is 8.04. The van der Waals surface area contributed by atoms with Crippen LogP contribution in [0.1, 0.15) is 22.5 Å². The minimum Gasteiger partial charge on any atom is -0.376 e. The maximum absolute atomic E-state index is 12.8. The van der Waals surface area contributed by atoms with E-state index in [1.165, 1.54) is 5.56 Å². The van der Waals surface area contributed by atoms with Crippen molar-refractivity contribution in [2.45, 2.75) is 13.0 Å². The van der Waals surface area contributed by atoms with Crippen molar-refractivity contribution in [3.05, 3.63) is 65.9 Å². The van der Waals surface area contributed by atoms with Gasteiger partial charge in [0.1, 0.15) is 0 Å². The summed E-state index contributed by atoms with van der Waals surface area (Å²) in [5.74, 6) is 0.390. The number of amides is 1. The highest BCUT2D eigenvalue weighted by molar-refractivity contribution is 6.04. The number of H-pyrrole nitrogens is 1. The van der Waals surface area contributed by atoms with Gasteiger partial charge in [-0.3, -0.25) is 9.89 Å². The molecule has 5 heteroatoms. The number of nitrogens with one attached hydrogen (secondary N) is 1. The third-order valence-corrected chi connectivity index (χ3v) is 4.71. The number of para-hydroxylation sites is 1. The van der Waals surface area contributed by atoms with Gasteiger partial charge in [0.05, 0.1) is 18.7 Å². The monoisotopic (exact) mass is 335 g/mol. The van der Waals surface area contributed by atoms with Crippen molar-refractivity contribution in [1.82, 2.24) is 15.1 Å². The number of aromatic nitrogens is 2. The molecule has 0 spiro atoms. The SMILES string of the molecule is O=C(c1n[nH]c2ccccc12)N1CC[C@@H](COCc2ccccc2)C1. The molecule has 4 rings (SSSR count). The van der Waals surface area contributed by atoms with Crippen LogP contribution in [0.3, 0.4) is 0 Å². The maximum atomic E-state index is 12.8. The molecule has 2 aromatic carbocycles. The lowest BCUT2D eigenvalue weighted by atomic mass is 10.1. The number of hydrogen-bond acceptors (Lipinski definition) is 3. The van der Waals surface area contributed by atoms with Crippen molar-refractivity contribution in [2.75, 3.05) is 19.7 Å². The van der Waals surface area contributed by atoms with E-state index in [9.17, 15) is 4.79 Å². The highest BCUT2D eigenvalue weighted by Gasteiger charge is 2.29. The zero-order chi connectivity index (χ0) is 17.1. The highest BCUT2D eigenvalue weighted by atomic mass is 16.5. The molecule has 0 aliphatic carbocycles. The molecule has 1 aliphatic rings. The molecule has 5 nitrogen and oxygen atoms in total. The lowest BCUT2D eigenvalue weighted by molar-refractivity contribution is 0.0730.